The van der Waals surface area contributed by atoms with Crippen LogP contribution in [-0.4, -0.2) is 71.8 Å². The van der Waals surface area contributed by atoms with Crippen LogP contribution in [-0.2, 0) is 0 Å². The topological polar surface area (TPSA) is 123 Å². The van der Waals surface area contributed by atoms with E-state index in [2.05, 4.69) is 16.0 Å². The Morgan fingerprint density at radius 2 is 1.64 bits per heavy atom. The van der Waals surface area contributed by atoms with Gasteiger partial charge in [0, 0.05) is 30.6 Å². The van der Waals surface area contributed by atoms with E-state index in [1.807, 2.05) is 43.3 Å². The van der Waals surface area contributed by atoms with Gasteiger partial charge in [0.1, 0.15) is 11.9 Å². The number of aliphatic hydroxyl groups excluding tert-OH is 1. The van der Waals surface area contributed by atoms with Crippen LogP contribution in [0.3, 0.4) is 0 Å². The molecular weight excluding hydrogens is 577 g/mol. The highest BCUT2D eigenvalue weighted by molar-refractivity contribution is 6.08. The Labute approximate surface area is 260 Å². The molecule has 0 unspecified atom stereocenters. The Bertz CT molecular complexity index is 1690. The largest absolute Gasteiger partial charge is 0.485 e. The number of benzene rings is 4. The number of hydrogen-bond acceptors (Lipinski definition) is 5. The second-order valence-electron chi connectivity index (χ2n) is 11.2. The predicted molar refractivity (Wildman–Crippen MR) is 172 cm³/mol. The minimum atomic E-state index is -0.613. The van der Waals surface area contributed by atoms with E-state index >= 15 is 0 Å². The van der Waals surface area contributed by atoms with Gasteiger partial charge >= 0.3 is 12.1 Å². The summed E-state index contributed by atoms with van der Waals surface area (Å²) in [7, 11) is 1.61. The van der Waals surface area contributed by atoms with Gasteiger partial charge in [-0.15, -0.1) is 0 Å². The lowest BCUT2D eigenvalue weighted by Gasteiger charge is -2.38. The van der Waals surface area contributed by atoms with Gasteiger partial charge in [0.15, 0.2) is 5.75 Å². The smallest absolute Gasteiger partial charge is 0.323 e. The van der Waals surface area contributed by atoms with Gasteiger partial charge in [0.25, 0.3) is 5.91 Å². The van der Waals surface area contributed by atoms with Crippen LogP contribution in [0.25, 0.3) is 10.8 Å². The summed E-state index contributed by atoms with van der Waals surface area (Å²) in [6, 6.07) is 22.2. The van der Waals surface area contributed by atoms with E-state index in [0.29, 0.717) is 11.4 Å². The SMILES string of the molecule is C[C@@H]1CN([C@@H](C)CO)C(=O)c2cccc(NC(=O)Nc3cccc4ccccc34)c2O[C@H]1CN(C)C(=O)Nc1ccc(F)cc1. The Kier molecular flexibility index (Phi) is 9.48. The second-order valence-corrected chi connectivity index (χ2v) is 11.2. The van der Waals surface area contributed by atoms with E-state index in [4.69, 9.17) is 4.74 Å². The van der Waals surface area contributed by atoms with E-state index in [9.17, 15) is 23.9 Å². The molecule has 10 nitrogen and oxygen atoms in total. The van der Waals surface area contributed by atoms with Crippen molar-refractivity contribution < 1.29 is 28.6 Å². The molecule has 45 heavy (non-hydrogen) atoms. The predicted octanol–water partition coefficient (Wildman–Crippen LogP) is 6.01. The lowest BCUT2D eigenvalue weighted by atomic mass is 9.99. The second kappa shape index (κ2) is 13.6. The molecule has 0 radical (unpaired) electrons. The molecule has 3 atom stereocenters. The number of halogens is 1. The summed E-state index contributed by atoms with van der Waals surface area (Å²) < 4.78 is 19.8. The Balaban J connectivity index is 1.42. The molecule has 4 N–H and O–H groups in total. The standard InChI is InChI=1S/C34H36FN5O5/c1-21-18-40(22(2)20-41)32(42)27-11-7-13-29(38-33(43)37-28-12-6-9-23-8-4-5-10-26(23)28)31(27)45-30(21)19-39(3)34(44)36-25-16-14-24(35)15-17-25/h4-17,21-22,30,41H,18-20H2,1-3H3,(H,36,44)(H2,37,38,43)/t21-,22+,30+/m1/s1. The number of fused-ring (bicyclic) bond motifs is 2. The van der Waals surface area contributed by atoms with Crippen molar-refractivity contribution in [2.45, 2.75) is 26.0 Å². The molecule has 0 aliphatic carbocycles. The average Bonchev–Trinajstić information content (AvgIpc) is 3.03. The van der Waals surface area contributed by atoms with Crippen molar-refractivity contribution in [2.24, 2.45) is 5.92 Å². The van der Waals surface area contributed by atoms with Gasteiger partial charge in [-0.05, 0) is 54.8 Å². The van der Waals surface area contributed by atoms with E-state index in [-0.39, 0.29) is 48.5 Å². The zero-order chi connectivity index (χ0) is 32.1. The van der Waals surface area contributed by atoms with E-state index < -0.39 is 30.0 Å². The van der Waals surface area contributed by atoms with Crippen molar-refractivity contribution in [3.63, 3.8) is 0 Å². The summed E-state index contributed by atoms with van der Waals surface area (Å²) in [6.07, 6.45) is -0.613. The van der Waals surface area contributed by atoms with Crippen LogP contribution in [0.1, 0.15) is 24.2 Å². The number of carbonyl (C=O) groups is 3. The number of ether oxygens (including phenoxy) is 1. The molecule has 1 heterocycles. The molecule has 4 aromatic rings. The normalized spacial score (nSPS) is 16.9. The number of anilines is 3. The average molecular weight is 614 g/mol. The zero-order valence-electron chi connectivity index (χ0n) is 25.3. The fourth-order valence-corrected chi connectivity index (χ4v) is 5.27. The molecule has 0 bridgehead atoms. The highest BCUT2D eigenvalue weighted by atomic mass is 19.1. The number of amides is 5. The highest BCUT2D eigenvalue weighted by Gasteiger charge is 2.35. The fourth-order valence-electron chi connectivity index (χ4n) is 5.27. The molecule has 5 rings (SSSR count). The molecule has 0 spiro atoms. The quantitative estimate of drug-likeness (QED) is 0.203. The molecule has 1 aliphatic heterocycles. The van der Waals surface area contributed by atoms with Gasteiger partial charge in [0.2, 0.25) is 0 Å². The summed E-state index contributed by atoms with van der Waals surface area (Å²) in [5.74, 6) is -0.884. The van der Waals surface area contributed by atoms with Crippen LogP contribution in [0.4, 0.5) is 31.0 Å². The summed E-state index contributed by atoms with van der Waals surface area (Å²) in [5, 5.41) is 20.3. The number of para-hydroxylation sites is 1. The van der Waals surface area contributed by atoms with Gasteiger partial charge in [-0.1, -0.05) is 49.4 Å². The number of rotatable bonds is 7. The Morgan fingerprint density at radius 1 is 0.978 bits per heavy atom. The minimum absolute atomic E-state index is 0.125. The lowest BCUT2D eigenvalue weighted by Crippen LogP contribution is -2.50. The number of hydrogen-bond donors (Lipinski definition) is 4. The monoisotopic (exact) mass is 613 g/mol. The van der Waals surface area contributed by atoms with Gasteiger partial charge < -0.3 is 35.6 Å². The van der Waals surface area contributed by atoms with Crippen molar-refractivity contribution in [1.82, 2.24) is 9.80 Å². The molecule has 4 aromatic carbocycles. The zero-order valence-corrected chi connectivity index (χ0v) is 25.3. The van der Waals surface area contributed by atoms with Crippen LogP contribution in [0.5, 0.6) is 5.75 Å². The minimum Gasteiger partial charge on any atom is -0.485 e. The fraction of sp³-hybridized carbons (Fsp3) is 0.265. The lowest BCUT2D eigenvalue weighted by molar-refractivity contribution is 0.0373. The van der Waals surface area contributed by atoms with Crippen LogP contribution in [0, 0.1) is 11.7 Å². The summed E-state index contributed by atoms with van der Waals surface area (Å²) in [6.45, 7) is 3.79. The highest BCUT2D eigenvalue weighted by Crippen LogP contribution is 2.35. The third-order valence-corrected chi connectivity index (χ3v) is 7.87. The number of urea groups is 2. The molecule has 0 saturated carbocycles. The van der Waals surface area contributed by atoms with E-state index in [1.54, 1.807) is 43.1 Å². The maximum atomic E-state index is 13.8. The van der Waals surface area contributed by atoms with Crippen LogP contribution in [0.2, 0.25) is 0 Å². The number of nitrogens with one attached hydrogen (secondary N) is 3. The van der Waals surface area contributed by atoms with Crippen LogP contribution < -0.4 is 20.7 Å². The number of nitrogens with zero attached hydrogens (tertiary/aromatic N) is 2. The molecule has 0 saturated heterocycles. The molecular formula is C34H36FN5O5. The van der Waals surface area contributed by atoms with Crippen molar-refractivity contribution >= 4 is 45.8 Å². The summed E-state index contributed by atoms with van der Waals surface area (Å²) in [4.78, 5) is 43.1. The van der Waals surface area contributed by atoms with Gasteiger partial charge in [-0.25, -0.2) is 14.0 Å². The Hall–Kier alpha value is -5.16. The third-order valence-electron chi connectivity index (χ3n) is 7.87. The molecule has 0 fully saturated rings. The summed E-state index contributed by atoms with van der Waals surface area (Å²) in [5.41, 5.74) is 1.54. The number of likely N-dealkylation sites (N-methyl/N-ethyl adjacent to an activating group) is 1. The van der Waals surface area contributed by atoms with Crippen LogP contribution >= 0.6 is 0 Å². The van der Waals surface area contributed by atoms with Crippen molar-refractivity contribution in [1.29, 1.82) is 0 Å². The van der Waals surface area contributed by atoms with Crippen molar-refractivity contribution in [3.05, 3.63) is 96.3 Å². The van der Waals surface area contributed by atoms with Crippen LogP contribution in [0.15, 0.2) is 84.9 Å². The number of aliphatic hydroxyl groups is 1. The molecule has 11 heteroatoms. The van der Waals surface area contributed by atoms with Crippen molar-refractivity contribution in [2.75, 3.05) is 42.7 Å². The van der Waals surface area contributed by atoms with Gasteiger partial charge in [-0.3, -0.25) is 4.79 Å². The number of carbonyl (C=O) groups excluding carboxylic acids is 3. The molecule has 234 valence electrons. The first-order valence-corrected chi connectivity index (χ1v) is 14.7. The van der Waals surface area contributed by atoms with Gasteiger partial charge in [0.05, 0.1) is 36.1 Å². The maximum absolute atomic E-state index is 13.8. The van der Waals surface area contributed by atoms with E-state index in [0.717, 1.165) is 10.8 Å². The molecule has 0 aromatic heterocycles. The Morgan fingerprint density at radius 3 is 2.40 bits per heavy atom. The van der Waals surface area contributed by atoms with Gasteiger partial charge in [-0.2, -0.15) is 0 Å². The molecule has 5 amide bonds. The summed E-state index contributed by atoms with van der Waals surface area (Å²) >= 11 is 0. The first kappa shape index (κ1) is 31.3. The first-order valence-electron chi connectivity index (χ1n) is 14.7. The third kappa shape index (κ3) is 7.15. The maximum Gasteiger partial charge on any atom is 0.323 e. The van der Waals surface area contributed by atoms with Crippen molar-refractivity contribution in [3.8, 4) is 5.75 Å². The molecule has 1 aliphatic rings. The first-order chi connectivity index (χ1) is 21.6. The van der Waals surface area contributed by atoms with E-state index in [1.165, 1.54) is 29.2 Å².